The second kappa shape index (κ2) is 6.83. The fourth-order valence-electron chi connectivity index (χ4n) is 2.16. The minimum absolute atomic E-state index is 0.250. The molecule has 0 unspecified atom stereocenters. The molecular weight excluding hydrogens is 293 g/mol. The van der Waals surface area contributed by atoms with Gasteiger partial charge >= 0.3 is 0 Å². The third-order valence-electron chi connectivity index (χ3n) is 3.29. The molecule has 0 aliphatic heterocycles. The van der Waals surface area contributed by atoms with Crippen molar-refractivity contribution in [2.45, 2.75) is 6.54 Å². The minimum atomic E-state index is -0.250. The van der Waals surface area contributed by atoms with Crippen molar-refractivity contribution in [1.82, 2.24) is 15.0 Å². The van der Waals surface area contributed by atoms with Crippen molar-refractivity contribution in [2.75, 3.05) is 17.7 Å². The summed E-state index contributed by atoms with van der Waals surface area (Å²) in [7, 11) is 1.77. The number of hydrogen-bond acceptors (Lipinski definition) is 5. The molecule has 0 saturated heterocycles. The summed E-state index contributed by atoms with van der Waals surface area (Å²) in [5.74, 6) is 0.932. The summed E-state index contributed by atoms with van der Waals surface area (Å²) in [6.07, 6.45) is 3.44. The summed E-state index contributed by atoms with van der Waals surface area (Å²) >= 11 is 0. The monoisotopic (exact) mass is 309 g/mol. The maximum absolute atomic E-state index is 13.2. The summed E-state index contributed by atoms with van der Waals surface area (Å²) in [5, 5.41) is 6.15. The molecule has 0 fully saturated rings. The van der Waals surface area contributed by atoms with Crippen LogP contribution in [0.2, 0.25) is 0 Å². The first-order valence-electron chi connectivity index (χ1n) is 7.20. The van der Waals surface area contributed by atoms with Crippen LogP contribution in [0.5, 0.6) is 0 Å². The standard InChI is InChI=1S/C17H16FN5/c1-19-17-22-15(13-5-7-20-8-6-13)10-16(23-17)21-11-12-3-2-4-14(18)9-12/h2-10H,11H2,1H3,(H2,19,21,22,23). The van der Waals surface area contributed by atoms with Gasteiger partial charge in [0.1, 0.15) is 11.6 Å². The SMILES string of the molecule is CNc1nc(NCc2cccc(F)c2)cc(-c2ccncc2)n1. The molecule has 0 spiro atoms. The molecule has 0 bridgehead atoms. The Hall–Kier alpha value is -3.02. The van der Waals surface area contributed by atoms with Crippen molar-refractivity contribution in [1.29, 1.82) is 0 Å². The summed E-state index contributed by atoms with van der Waals surface area (Å²) < 4.78 is 13.2. The van der Waals surface area contributed by atoms with Gasteiger partial charge in [-0.2, -0.15) is 4.98 Å². The smallest absolute Gasteiger partial charge is 0.224 e. The van der Waals surface area contributed by atoms with Gasteiger partial charge in [0, 0.05) is 37.6 Å². The molecule has 0 aliphatic rings. The Bertz CT molecular complexity index is 792. The predicted molar refractivity (Wildman–Crippen MR) is 88.5 cm³/mol. The summed E-state index contributed by atoms with van der Waals surface area (Å²) in [6, 6.07) is 12.1. The van der Waals surface area contributed by atoms with E-state index in [9.17, 15) is 4.39 Å². The molecule has 2 aromatic heterocycles. The van der Waals surface area contributed by atoms with Gasteiger partial charge in [0.15, 0.2) is 0 Å². The lowest BCUT2D eigenvalue weighted by Gasteiger charge is -2.10. The molecule has 23 heavy (non-hydrogen) atoms. The molecule has 0 aliphatic carbocycles. The molecule has 6 heteroatoms. The topological polar surface area (TPSA) is 62.7 Å². The second-order valence-corrected chi connectivity index (χ2v) is 4.93. The summed E-state index contributed by atoms with van der Waals surface area (Å²) in [4.78, 5) is 12.8. The van der Waals surface area contributed by atoms with Crippen molar-refractivity contribution in [2.24, 2.45) is 0 Å². The van der Waals surface area contributed by atoms with Gasteiger partial charge in [-0.05, 0) is 29.8 Å². The molecule has 0 radical (unpaired) electrons. The number of rotatable bonds is 5. The van der Waals surface area contributed by atoms with Crippen molar-refractivity contribution in [3.63, 3.8) is 0 Å². The fourth-order valence-corrected chi connectivity index (χ4v) is 2.16. The van der Waals surface area contributed by atoms with Crippen LogP contribution in [0.4, 0.5) is 16.2 Å². The van der Waals surface area contributed by atoms with E-state index in [4.69, 9.17) is 0 Å². The normalized spacial score (nSPS) is 10.3. The van der Waals surface area contributed by atoms with Crippen molar-refractivity contribution in [3.8, 4) is 11.3 Å². The van der Waals surface area contributed by atoms with E-state index >= 15 is 0 Å². The van der Waals surface area contributed by atoms with E-state index in [1.807, 2.05) is 24.3 Å². The zero-order valence-electron chi connectivity index (χ0n) is 12.6. The molecule has 2 N–H and O–H groups in total. The van der Waals surface area contributed by atoms with Gasteiger partial charge in [-0.3, -0.25) is 4.98 Å². The molecule has 0 saturated carbocycles. The van der Waals surface area contributed by atoms with Gasteiger partial charge in [-0.25, -0.2) is 9.37 Å². The van der Waals surface area contributed by atoms with Crippen molar-refractivity contribution >= 4 is 11.8 Å². The van der Waals surface area contributed by atoms with Gasteiger partial charge in [-0.15, -0.1) is 0 Å². The Balaban J connectivity index is 1.84. The van der Waals surface area contributed by atoms with Crippen LogP contribution >= 0.6 is 0 Å². The molecule has 116 valence electrons. The highest BCUT2D eigenvalue weighted by Crippen LogP contribution is 2.21. The number of nitrogens with zero attached hydrogens (tertiary/aromatic N) is 3. The highest BCUT2D eigenvalue weighted by atomic mass is 19.1. The number of benzene rings is 1. The van der Waals surface area contributed by atoms with Crippen LogP contribution in [-0.2, 0) is 6.54 Å². The molecule has 5 nitrogen and oxygen atoms in total. The van der Waals surface area contributed by atoms with E-state index in [0.717, 1.165) is 16.8 Å². The van der Waals surface area contributed by atoms with Crippen LogP contribution in [-0.4, -0.2) is 22.0 Å². The Morgan fingerprint density at radius 1 is 1.04 bits per heavy atom. The second-order valence-electron chi connectivity index (χ2n) is 4.93. The van der Waals surface area contributed by atoms with E-state index in [1.54, 1.807) is 25.5 Å². The third kappa shape index (κ3) is 3.79. The maximum Gasteiger partial charge on any atom is 0.224 e. The molecule has 1 aromatic carbocycles. The first-order chi connectivity index (χ1) is 11.2. The highest BCUT2D eigenvalue weighted by Gasteiger charge is 2.06. The number of nitrogens with one attached hydrogen (secondary N) is 2. The molecule has 2 heterocycles. The molecule has 3 aromatic rings. The molecule has 0 atom stereocenters. The number of pyridine rings is 1. The quantitative estimate of drug-likeness (QED) is 0.757. The fraction of sp³-hybridized carbons (Fsp3) is 0.118. The maximum atomic E-state index is 13.2. The van der Waals surface area contributed by atoms with Crippen LogP contribution in [0.3, 0.4) is 0 Å². The zero-order valence-corrected chi connectivity index (χ0v) is 12.6. The lowest BCUT2D eigenvalue weighted by Crippen LogP contribution is -2.05. The van der Waals surface area contributed by atoms with Gasteiger partial charge in [-0.1, -0.05) is 12.1 Å². The Labute approximate surface area is 133 Å². The van der Waals surface area contributed by atoms with Crippen LogP contribution in [0.25, 0.3) is 11.3 Å². The first-order valence-corrected chi connectivity index (χ1v) is 7.20. The summed E-state index contributed by atoms with van der Waals surface area (Å²) in [5.41, 5.74) is 2.58. The summed E-state index contributed by atoms with van der Waals surface area (Å²) in [6.45, 7) is 0.480. The van der Waals surface area contributed by atoms with E-state index in [1.165, 1.54) is 12.1 Å². The Morgan fingerprint density at radius 3 is 2.61 bits per heavy atom. The van der Waals surface area contributed by atoms with Crippen LogP contribution < -0.4 is 10.6 Å². The number of hydrogen-bond donors (Lipinski definition) is 2. The largest absolute Gasteiger partial charge is 0.366 e. The van der Waals surface area contributed by atoms with Crippen molar-refractivity contribution in [3.05, 3.63) is 66.2 Å². The average molecular weight is 309 g/mol. The van der Waals surface area contributed by atoms with Gasteiger partial charge in [0.05, 0.1) is 5.69 Å². The van der Waals surface area contributed by atoms with Crippen molar-refractivity contribution < 1.29 is 4.39 Å². The van der Waals surface area contributed by atoms with E-state index in [0.29, 0.717) is 18.3 Å². The number of aromatic nitrogens is 3. The first kappa shape index (κ1) is 14.9. The Morgan fingerprint density at radius 2 is 1.87 bits per heavy atom. The third-order valence-corrected chi connectivity index (χ3v) is 3.29. The van der Waals surface area contributed by atoms with E-state index < -0.39 is 0 Å². The predicted octanol–water partition coefficient (Wildman–Crippen LogP) is 3.33. The molecule has 3 rings (SSSR count). The van der Waals surface area contributed by atoms with E-state index in [-0.39, 0.29) is 5.82 Å². The lowest BCUT2D eigenvalue weighted by atomic mass is 10.2. The Kier molecular flexibility index (Phi) is 4.42. The minimum Gasteiger partial charge on any atom is -0.366 e. The van der Waals surface area contributed by atoms with Gasteiger partial charge in [0.25, 0.3) is 0 Å². The van der Waals surface area contributed by atoms with E-state index in [2.05, 4.69) is 25.6 Å². The van der Waals surface area contributed by atoms with Crippen LogP contribution in [0, 0.1) is 5.82 Å². The molecule has 0 amide bonds. The van der Waals surface area contributed by atoms with Gasteiger partial charge < -0.3 is 10.6 Å². The van der Waals surface area contributed by atoms with Crippen LogP contribution in [0.15, 0.2) is 54.9 Å². The zero-order chi connectivity index (χ0) is 16.1. The number of anilines is 2. The molecular formula is C17H16FN5. The van der Waals surface area contributed by atoms with Gasteiger partial charge in [0.2, 0.25) is 5.95 Å². The average Bonchev–Trinajstić information content (AvgIpc) is 2.60. The number of halogens is 1. The van der Waals surface area contributed by atoms with Crippen LogP contribution in [0.1, 0.15) is 5.56 Å². The lowest BCUT2D eigenvalue weighted by molar-refractivity contribution is 0.626. The highest BCUT2D eigenvalue weighted by molar-refractivity contribution is 5.63.